The maximum Gasteiger partial charge on any atom is 0.251 e. The number of halogens is 1. The Morgan fingerprint density at radius 2 is 2.11 bits per heavy atom. The third-order valence-electron chi connectivity index (χ3n) is 2.47. The Kier molecular flexibility index (Phi) is 4.19. The molecule has 100 valence electrons. The maximum atomic E-state index is 11.4. The van der Waals surface area contributed by atoms with Crippen LogP contribution in [0, 0.1) is 0 Å². The van der Waals surface area contributed by atoms with E-state index in [0.29, 0.717) is 22.3 Å². The normalized spacial score (nSPS) is 12.2. The summed E-state index contributed by atoms with van der Waals surface area (Å²) in [4.78, 5) is 18.3. The van der Waals surface area contributed by atoms with Crippen molar-refractivity contribution >= 4 is 11.6 Å². The second-order valence-electron chi connectivity index (χ2n) is 4.15. The van der Waals surface area contributed by atoms with Crippen molar-refractivity contribution in [3.05, 3.63) is 57.2 Å². The van der Waals surface area contributed by atoms with Gasteiger partial charge in [-0.2, -0.15) is 0 Å². The Morgan fingerprint density at radius 1 is 1.42 bits per heavy atom. The highest BCUT2D eigenvalue weighted by Gasteiger charge is 2.06. The van der Waals surface area contributed by atoms with E-state index in [0.717, 1.165) is 0 Å². The highest BCUT2D eigenvalue weighted by atomic mass is 35.5. The molecule has 0 aliphatic rings. The van der Waals surface area contributed by atoms with Crippen LogP contribution in [-0.2, 0) is 6.61 Å². The molecule has 0 spiro atoms. The molecule has 1 atom stereocenters. The van der Waals surface area contributed by atoms with Gasteiger partial charge in [0.15, 0.2) is 0 Å². The molecule has 0 fully saturated rings. The average molecular weight is 280 g/mol. The number of hydrogen-bond acceptors (Lipinski definition) is 4. The van der Waals surface area contributed by atoms with Crippen molar-refractivity contribution in [2.75, 3.05) is 0 Å². The third kappa shape index (κ3) is 3.81. The van der Waals surface area contributed by atoms with E-state index in [9.17, 15) is 4.79 Å². The number of nitrogens with two attached hydrogens (primary N) is 1. The van der Waals surface area contributed by atoms with Gasteiger partial charge in [-0.1, -0.05) is 11.6 Å². The summed E-state index contributed by atoms with van der Waals surface area (Å²) < 4.78 is 5.50. The highest BCUT2D eigenvalue weighted by molar-refractivity contribution is 6.30. The van der Waals surface area contributed by atoms with Crippen molar-refractivity contribution in [3.63, 3.8) is 0 Å². The largest absolute Gasteiger partial charge is 0.486 e. The van der Waals surface area contributed by atoms with E-state index >= 15 is 0 Å². The first-order valence-corrected chi connectivity index (χ1v) is 6.16. The van der Waals surface area contributed by atoms with E-state index < -0.39 is 0 Å². The van der Waals surface area contributed by atoms with Gasteiger partial charge in [-0.25, -0.2) is 4.98 Å². The van der Waals surface area contributed by atoms with Gasteiger partial charge in [-0.15, -0.1) is 0 Å². The van der Waals surface area contributed by atoms with E-state index in [2.05, 4.69) is 9.97 Å². The number of aromatic nitrogens is 2. The number of hydrogen-bond donors (Lipinski definition) is 2. The SMILES string of the molecule is CC(N)c1cc(=O)[nH]c(COc2ccc(Cl)cc2)n1. The van der Waals surface area contributed by atoms with Gasteiger partial charge in [0.2, 0.25) is 0 Å². The minimum Gasteiger partial charge on any atom is -0.486 e. The summed E-state index contributed by atoms with van der Waals surface area (Å²) in [5.74, 6) is 1.09. The standard InChI is InChI=1S/C13H14ClN3O2/c1-8(15)11-6-13(18)17-12(16-11)7-19-10-4-2-9(14)3-5-10/h2-6,8H,7,15H2,1H3,(H,16,17,18). The number of rotatable bonds is 4. The van der Waals surface area contributed by atoms with Crippen LogP contribution in [0.25, 0.3) is 0 Å². The van der Waals surface area contributed by atoms with E-state index in [1.807, 2.05) is 0 Å². The van der Waals surface area contributed by atoms with Crippen LogP contribution in [0.1, 0.15) is 24.5 Å². The van der Waals surface area contributed by atoms with Gasteiger partial charge >= 0.3 is 0 Å². The lowest BCUT2D eigenvalue weighted by atomic mass is 10.2. The van der Waals surface area contributed by atoms with Gasteiger partial charge in [0.1, 0.15) is 18.2 Å². The van der Waals surface area contributed by atoms with Crippen LogP contribution in [-0.4, -0.2) is 9.97 Å². The third-order valence-corrected chi connectivity index (χ3v) is 2.72. The average Bonchev–Trinajstić information content (AvgIpc) is 2.37. The zero-order valence-corrected chi connectivity index (χ0v) is 11.1. The summed E-state index contributed by atoms with van der Waals surface area (Å²) in [6.45, 7) is 1.93. The molecule has 3 N–H and O–H groups in total. The first kappa shape index (κ1) is 13.6. The fraction of sp³-hybridized carbons (Fsp3) is 0.231. The smallest absolute Gasteiger partial charge is 0.251 e. The number of H-pyrrole nitrogens is 1. The van der Waals surface area contributed by atoms with Crippen molar-refractivity contribution < 1.29 is 4.74 Å². The van der Waals surface area contributed by atoms with Gasteiger partial charge in [0.25, 0.3) is 5.56 Å². The molecule has 0 aliphatic carbocycles. The minimum absolute atomic E-state index is 0.164. The Morgan fingerprint density at radius 3 is 2.74 bits per heavy atom. The number of nitrogens with zero attached hydrogens (tertiary/aromatic N) is 1. The molecule has 0 aliphatic heterocycles. The van der Waals surface area contributed by atoms with Crippen LogP contribution in [0.3, 0.4) is 0 Å². The first-order valence-electron chi connectivity index (χ1n) is 5.78. The molecule has 1 aromatic heterocycles. The first-order chi connectivity index (χ1) is 9.04. The summed E-state index contributed by atoms with van der Waals surface area (Å²) in [5.41, 5.74) is 6.01. The Labute approximate surface area is 115 Å². The van der Waals surface area contributed by atoms with E-state index in [4.69, 9.17) is 22.1 Å². The van der Waals surface area contributed by atoms with Gasteiger partial charge in [0, 0.05) is 17.1 Å². The van der Waals surface area contributed by atoms with E-state index in [1.165, 1.54) is 6.07 Å². The van der Waals surface area contributed by atoms with Crippen LogP contribution >= 0.6 is 11.6 Å². The summed E-state index contributed by atoms with van der Waals surface area (Å²) in [6, 6.07) is 8.04. The molecule has 2 rings (SSSR count). The van der Waals surface area contributed by atoms with Crippen LogP contribution in [0.4, 0.5) is 0 Å². The predicted molar refractivity (Wildman–Crippen MR) is 73.2 cm³/mol. The Balaban J connectivity index is 2.11. The highest BCUT2D eigenvalue weighted by Crippen LogP contribution is 2.16. The molecular weight excluding hydrogens is 266 g/mol. The lowest BCUT2D eigenvalue weighted by Crippen LogP contribution is -2.18. The number of ether oxygens (including phenoxy) is 1. The number of nitrogens with one attached hydrogen (secondary N) is 1. The van der Waals surface area contributed by atoms with E-state index in [-0.39, 0.29) is 18.2 Å². The zero-order chi connectivity index (χ0) is 13.8. The molecule has 0 radical (unpaired) electrons. The van der Waals surface area contributed by atoms with Gasteiger partial charge < -0.3 is 15.5 Å². The minimum atomic E-state index is -0.295. The summed E-state index contributed by atoms with van der Waals surface area (Å²) >= 11 is 5.78. The van der Waals surface area contributed by atoms with Crippen LogP contribution < -0.4 is 16.0 Å². The van der Waals surface area contributed by atoms with Crippen LogP contribution in [0.15, 0.2) is 35.1 Å². The summed E-state index contributed by atoms with van der Waals surface area (Å²) in [7, 11) is 0. The van der Waals surface area contributed by atoms with Gasteiger partial charge in [0.05, 0.1) is 5.69 Å². The molecule has 1 unspecified atom stereocenters. The molecule has 0 amide bonds. The van der Waals surface area contributed by atoms with Crippen molar-refractivity contribution in [3.8, 4) is 5.75 Å². The fourth-order valence-electron chi connectivity index (χ4n) is 1.51. The number of benzene rings is 1. The molecular formula is C13H14ClN3O2. The molecule has 0 saturated carbocycles. The zero-order valence-electron chi connectivity index (χ0n) is 10.4. The molecule has 1 heterocycles. The van der Waals surface area contributed by atoms with Crippen molar-refractivity contribution in [1.82, 2.24) is 9.97 Å². The Bertz CT molecular complexity index is 608. The molecule has 6 heteroatoms. The maximum absolute atomic E-state index is 11.4. The summed E-state index contributed by atoms with van der Waals surface area (Å²) in [6.07, 6.45) is 0. The van der Waals surface area contributed by atoms with Crippen molar-refractivity contribution in [2.24, 2.45) is 5.73 Å². The number of aromatic amines is 1. The van der Waals surface area contributed by atoms with Crippen molar-refractivity contribution in [2.45, 2.75) is 19.6 Å². The molecule has 0 bridgehead atoms. The molecule has 1 aromatic carbocycles. The Hall–Kier alpha value is -1.85. The second kappa shape index (κ2) is 5.86. The molecule has 0 saturated heterocycles. The molecule has 19 heavy (non-hydrogen) atoms. The second-order valence-corrected chi connectivity index (χ2v) is 4.58. The quantitative estimate of drug-likeness (QED) is 0.897. The summed E-state index contributed by atoms with van der Waals surface area (Å²) in [5, 5.41) is 0.637. The van der Waals surface area contributed by atoms with Gasteiger partial charge in [-0.05, 0) is 31.2 Å². The van der Waals surface area contributed by atoms with Crippen LogP contribution in [0.2, 0.25) is 5.02 Å². The lowest BCUT2D eigenvalue weighted by Gasteiger charge is -2.08. The van der Waals surface area contributed by atoms with Gasteiger partial charge in [-0.3, -0.25) is 4.79 Å². The van der Waals surface area contributed by atoms with Crippen molar-refractivity contribution in [1.29, 1.82) is 0 Å². The molecule has 5 nitrogen and oxygen atoms in total. The molecule has 2 aromatic rings. The predicted octanol–water partition coefficient (Wildman–Crippen LogP) is 2.02. The lowest BCUT2D eigenvalue weighted by molar-refractivity contribution is 0.294. The monoisotopic (exact) mass is 279 g/mol. The topological polar surface area (TPSA) is 81.0 Å². The van der Waals surface area contributed by atoms with E-state index in [1.54, 1.807) is 31.2 Å². The van der Waals surface area contributed by atoms with Crippen LogP contribution in [0.5, 0.6) is 5.75 Å². The fourth-order valence-corrected chi connectivity index (χ4v) is 1.64.